The van der Waals surface area contributed by atoms with E-state index in [2.05, 4.69) is 4.90 Å². The Bertz CT molecular complexity index is 1110. The highest BCUT2D eigenvalue weighted by atomic mass is 35.5. The Labute approximate surface area is 190 Å². The van der Waals surface area contributed by atoms with Crippen molar-refractivity contribution in [1.82, 2.24) is 9.47 Å². The maximum atomic E-state index is 14.8. The van der Waals surface area contributed by atoms with Crippen molar-refractivity contribution in [3.05, 3.63) is 70.5 Å². The predicted octanol–water partition coefficient (Wildman–Crippen LogP) is 4.31. The van der Waals surface area contributed by atoms with Crippen LogP contribution < -0.4 is 0 Å². The van der Waals surface area contributed by atoms with Crippen molar-refractivity contribution in [2.45, 2.75) is 13.0 Å². The molecule has 0 spiro atoms. The predicted molar refractivity (Wildman–Crippen MR) is 120 cm³/mol. The standard InChI is InChI=1S/C24H24ClFN2O4/c25-17-8-6-16(7-9-17)22(29)20-21(18-4-1-2-5-19(18)26)28(24(31)23(20)30)11-3-10-27-12-14-32-15-13-27/h1-2,4-9,30-31H,3,10-15H2. The zero-order chi connectivity index (χ0) is 22.7. The summed E-state index contributed by atoms with van der Waals surface area (Å²) >= 11 is 5.93. The van der Waals surface area contributed by atoms with Gasteiger partial charge in [-0.25, -0.2) is 4.39 Å². The molecule has 0 atom stereocenters. The first-order valence-electron chi connectivity index (χ1n) is 10.5. The first-order chi connectivity index (χ1) is 15.5. The van der Waals surface area contributed by atoms with Crippen molar-refractivity contribution in [3.8, 4) is 22.9 Å². The summed E-state index contributed by atoms with van der Waals surface area (Å²) in [6.45, 7) is 4.05. The highest BCUT2D eigenvalue weighted by molar-refractivity contribution is 6.30. The van der Waals surface area contributed by atoms with Gasteiger partial charge in [0.05, 0.1) is 24.5 Å². The van der Waals surface area contributed by atoms with Crippen LogP contribution in [0.3, 0.4) is 0 Å². The highest BCUT2D eigenvalue weighted by Gasteiger charge is 2.30. The van der Waals surface area contributed by atoms with Crippen LogP contribution in [0.4, 0.5) is 4.39 Å². The quantitative estimate of drug-likeness (QED) is 0.516. The Hall–Kier alpha value is -2.87. The van der Waals surface area contributed by atoms with E-state index in [4.69, 9.17) is 16.3 Å². The molecular formula is C24H24ClFN2O4. The molecule has 2 aromatic carbocycles. The fraction of sp³-hybridized carbons (Fsp3) is 0.292. The summed E-state index contributed by atoms with van der Waals surface area (Å²) in [4.78, 5) is 15.5. The maximum absolute atomic E-state index is 14.8. The molecule has 1 aliphatic heterocycles. The number of ether oxygens (including phenoxy) is 1. The van der Waals surface area contributed by atoms with E-state index >= 15 is 0 Å². The van der Waals surface area contributed by atoms with Gasteiger partial charge >= 0.3 is 0 Å². The molecule has 2 N–H and O–H groups in total. The fourth-order valence-electron chi connectivity index (χ4n) is 3.98. The zero-order valence-electron chi connectivity index (χ0n) is 17.4. The maximum Gasteiger partial charge on any atom is 0.235 e. The van der Waals surface area contributed by atoms with E-state index in [1.807, 2.05) is 0 Å². The summed E-state index contributed by atoms with van der Waals surface area (Å²) in [5.41, 5.74) is 0.417. The van der Waals surface area contributed by atoms with E-state index in [0.29, 0.717) is 31.2 Å². The highest BCUT2D eigenvalue weighted by Crippen LogP contribution is 2.43. The second kappa shape index (κ2) is 9.73. The minimum atomic E-state index is -0.561. The molecule has 4 rings (SSSR count). The molecule has 8 heteroatoms. The Morgan fingerprint density at radius 3 is 2.41 bits per heavy atom. The van der Waals surface area contributed by atoms with E-state index in [1.54, 1.807) is 24.3 Å². The Morgan fingerprint density at radius 2 is 1.72 bits per heavy atom. The second-order valence-corrected chi connectivity index (χ2v) is 8.11. The van der Waals surface area contributed by atoms with Crippen LogP contribution in [0.25, 0.3) is 11.3 Å². The topological polar surface area (TPSA) is 74.9 Å². The number of carbonyl (C=O) groups excluding carboxylic acids is 1. The molecule has 1 fully saturated rings. The molecule has 0 unspecified atom stereocenters. The van der Waals surface area contributed by atoms with Gasteiger partial charge < -0.3 is 19.5 Å². The third-order valence-electron chi connectivity index (χ3n) is 5.63. The molecule has 6 nitrogen and oxygen atoms in total. The van der Waals surface area contributed by atoms with E-state index in [9.17, 15) is 19.4 Å². The lowest BCUT2D eigenvalue weighted by Crippen LogP contribution is -2.37. The molecule has 0 aliphatic carbocycles. The number of ketones is 1. The number of rotatable bonds is 7. The largest absolute Gasteiger partial charge is 0.503 e. The summed E-state index contributed by atoms with van der Waals surface area (Å²) in [6.07, 6.45) is 0.637. The normalized spacial score (nSPS) is 14.6. The summed E-state index contributed by atoms with van der Waals surface area (Å²) in [5, 5.41) is 21.9. The lowest BCUT2D eigenvalue weighted by Gasteiger charge is -2.26. The first-order valence-corrected chi connectivity index (χ1v) is 10.8. The number of carbonyl (C=O) groups is 1. The molecule has 0 bridgehead atoms. The number of nitrogens with zero attached hydrogens (tertiary/aromatic N) is 2. The molecule has 1 aliphatic rings. The van der Waals surface area contributed by atoms with Crippen LogP contribution >= 0.6 is 11.6 Å². The van der Waals surface area contributed by atoms with Gasteiger partial charge in [-0.3, -0.25) is 9.69 Å². The number of hydrogen-bond donors (Lipinski definition) is 2. The fourth-order valence-corrected chi connectivity index (χ4v) is 4.11. The third-order valence-corrected chi connectivity index (χ3v) is 5.89. The van der Waals surface area contributed by atoms with Crippen LogP contribution in [-0.2, 0) is 11.3 Å². The number of halogens is 2. The minimum absolute atomic E-state index is 0.131. The van der Waals surface area contributed by atoms with Gasteiger partial charge in [0.25, 0.3) is 0 Å². The van der Waals surface area contributed by atoms with Crippen molar-refractivity contribution in [2.75, 3.05) is 32.8 Å². The molecule has 32 heavy (non-hydrogen) atoms. The molecule has 0 radical (unpaired) electrons. The van der Waals surface area contributed by atoms with Gasteiger partial charge in [-0.1, -0.05) is 23.7 Å². The molecule has 2 heterocycles. The lowest BCUT2D eigenvalue weighted by molar-refractivity contribution is 0.0369. The van der Waals surface area contributed by atoms with Crippen molar-refractivity contribution >= 4 is 17.4 Å². The third kappa shape index (κ3) is 4.50. The smallest absolute Gasteiger partial charge is 0.235 e. The van der Waals surface area contributed by atoms with Gasteiger partial charge in [0.15, 0.2) is 11.5 Å². The van der Waals surface area contributed by atoms with Gasteiger partial charge in [-0.15, -0.1) is 0 Å². The zero-order valence-corrected chi connectivity index (χ0v) is 18.2. The van der Waals surface area contributed by atoms with E-state index < -0.39 is 23.2 Å². The van der Waals surface area contributed by atoms with E-state index in [1.165, 1.54) is 28.8 Å². The number of morpholine rings is 1. The molecule has 168 valence electrons. The number of benzene rings is 2. The summed E-state index contributed by atoms with van der Waals surface area (Å²) in [7, 11) is 0. The minimum Gasteiger partial charge on any atom is -0.503 e. The number of aromatic nitrogens is 1. The van der Waals surface area contributed by atoms with Gasteiger partial charge in [0.2, 0.25) is 5.88 Å². The summed E-state index contributed by atoms with van der Waals surface area (Å²) < 4.78 is 21.6. The van der Waals surface area contributed by atoms with Gasteiger partial charge in [0.1, 0.15) is 5.82 Å². The van der Waals surface area contributed by atoms with Crippen molar-refractivity contribution in [2.24, 2.45) is 0 Å². The molecule has 1 aromatic heterocycles. The molecule has 0 amide bonds. The van der Waals surface area contributed by atoms with Crippen LogP contribution in [0.1, 0.15) is 22.3 Å². The number of aromatic hydroxyl groups is 2. The van der Waals surface area contributed by atoms with Crippen molar-refractivity contribution in [3.63, 3.8) is 0 Å². The van der Waals surface area contributed by atoms with Crippen molar-refractivity contribution < 1.29 is 24.1 Å². The van der Waals surface area contributed by atoms with Crippen LogP contribution in [0.15, 0.2) is 48.5 Å². The van der Waals surface area contributed by atoms with Gasteiger partial charge in [-0.2, -0.15) is 0 Å². The van der Waals surface area contributed by atoms with Gasteiger partial charge in [-0.05, 0) is 42.8 Å². The lowest BCUT2D eigenvalue weighted by atomic mass is 9.99. The number of hydrogen-bond acceptors (Lipinski definition) is 5. The second-order valence-electron chi connectivity index (χ2n) is 7.67. The first kappa shape index (κ1) is 22.3. The molecular weight excluding hydrogens is 435 g/mol. The summed E-state index contributed by atoms with van der Waals surface area (Å²) in [6, 6.07) is 12.2. The monoisotopic (exact) mass is 458 g/mol. The van der Waals surface area contributed by atoms with Crippen LogP contribution in [-0.4, -0.2) is 58.3 Å². The average Bonchev–Trinajstić information content (AvgIpc) is 3.05. The summed E-state index contributed by atoms with van der Waals surface area (Å²) in [5.74, 6) is -2.10. The Morgan fingerprint density at radius 1 is 1.03 bits per heavy atom. The SMILES string of the molecule is O=C(c1ccc(Cl)cc1)c1c(O)c(O)n(CCCN2CCOCC2)c1-c1ccccc1F. The molecule has 3 aromatic rings. The molecule has 1 saturated heterocycles. The van der Waals surface area contributed by atoms with E-state index in [-0.39, 0.29) is 22.4 Å². The van der Waals surface area contributed by atoms with E-state index in [0.717, 1.165) is 19.6 Å². The van der Waals surface area contributed by atoms with Crippen LogP contribution in [0, 0.1) is 5.82 Å². The van der Waals surface area contributed by atoms with Crippen LogP contribution in [0.2, 0.25) is 5.02 Å². The Kier molecular flexibility index (Phi) is 6.79. The molecule has 0 saturated carbocycles. The van der Waals surface area contributed by atoms with Gasteiger partial charge in [0, 0.05) is 42.3 Å². The average molecular weight is 459 g/mol. The van der Waals surface area contributed by atoms with Crippen LogP contribution in [0.5, 0.6) is 11.6 Å². The van der Waals surface area contributed by atoms with Crippen molar-refractivity contribution in [1.29, 1.82) is 0 Å². The Balaban J connectivity index is 1.73.